The van der Waals surface area contributed by atoms with Crippen LogP contribution in [0.25, 0.3) is 0 Å². The van der Waals surface area contributed by atoms with E-state index in [2.05, 4.69) is 5.32 Å². The Bertz CT molecular complexity index is 241. The zero-order valence-corrected chi connectivity index (χ0v) is 9.48. The molecular formula is C11H20N2O3. The van der Waals surface area contributed by atoms with Crippen molar-refractivity contribution in [2.24, 2.45) is 11.7 Å². The van der Waals surface area contributed by atoms with Crippen molar-refractivity contribution in [2.75, 3.05) is 19.8 Å². The van der Waals surface area contributed by atoms with Crippen LogP contribution in [-0.4, -0.2) is 38.0 Å². The van der Waals surface area contributed by atoms with Crippen molar-refractivity contribution in [3.8, 4) is 0 Å². The largest absolute Gasteiger partial charge is 0.369 e. The van der Waals surface area contributed by atoms with Crippen molar-refractivity contribution in [3.05, 3.63) is 0 Å². The van der Waals surface area contributed by atoms with Crippen molar-refractivity contribution >= 4 is 5.91 Å². The first-order valence-corrected chi connectivity index (χ1v) is 6.03. The fourth-order valence-corrected chi connectivity index (χ4v) is 2.49. The average molecular weight is 228 g/mol. The van der Waals surface area contributed by atoms with Gasteiger partial charge in [0.05, 0.1) is 19.1 Å². The molecule has 2 atom stereocenters. The van der Waals surface area contributed by atoms with Gasteiger partial charge in [-0.3, -0.25) is 4.79 Å². The molecule has 2 aliphatic rings. The van der Waals surface area contributed by atoms with Crippen molar-refractivity contribution in [2.45, 2.75) is 38.0 Å². The summed E-state index contributed by atoms with van der Waals surface area (Å²) in [6.45, 7) is 1.97. The molecule has 1 aliphatic heterocycles. The summed E-state index contributed by atoms with van der Waals surface area (Å²) in [4.78, 5) is 11.3. The third-order valence-corrected chi connectivity index (χ3v) is 3.37. The number of hydrogen-bond acceptors (Lipinski definition) is 4. The Balaban J connectivity index is 1.78. The van der Waals surface area contributed by atoms with E-state index < -0.39 is 0 Å². The van der Waals surface area contributed by atoms with E-state index >= 15 is 0 Å². The summed E-state index contributed by atoms with van der Waals surface area (Å²) in [6.07, 6.45) is 4.02. The zero-order valence-electron chi connectivity index (χ0n) is 9.48. The smallest absolute Gasteiger partial charge is 0.222 e. The lowest BCUT2D eigenvalue weighted by Crippen LogP contribution is -2.47. The molecular weight excluding hydrogens is 208 g/mol. The topological polar surface area (TPSA) is 73.6 Å². The fourth-order valence-electron chi connectivity index (χ4n) is 2.49. The molecule has 2 fully saturated rings. The number of primary amides is 1. The van der Waals surface area contributed by atoms with Crippen LogP contribution in [0.3, 0.4) is 0 Å². The van der Waals surface area contributed by atoms with Gasteiger partial charge in [0.15, 0.2) is 6.29 Å². The highest BCUT2D eigenvalue weighted by Crippen LogP contribution is 2.24. The van der Waals surface area contributed by atoms with Crippen molar-refractivity contribution < 1.29 is 14.3 Å². The maximum Gasteiger partial charge on any atom is 0.222 e. The summed E-state index contributed by atoms with van der Waals surface area (Å²) in [5.74, 6) is -0.222. The Kier molecular flexibility index (Phi) is 4.15. The summed E-state index contributed by atoms with van der Waals surface area (Å²) in [6, 6.07) is 0.194. The molecule has 0 spiro atoms. The number of nitrogens with one attached hydrogen (secondary N) is 1. The number of nitrogens with two attached hydrogens (primary N) is 1. The van der Waals surface area contributed by atoms with E-state index in [-0.39, 0.29) is 24.2 Å². The SMILES string of the molecule is NC(=O)[C@H]1CCCC[C@H]1NCC1OCCO1. The Morgan fingerprint density at radius 1 is 1.25 bits per heavy atom. The number of carbonyl (C=O) groups is 1. The molecule has 0 aromatic carbocycles. The van der Waals surface area contributed by atoms with Gasteiger partial charge in [0.25, 0.3) is 0 Å². The lowest BCUT2D eigenvalue weighted by Gasteiger charge is -2.30. The minimum Gasteiger partial charge on any atom is -0.369 e. The molecule has 2 rings (SSSR count). The molecule has 1 amide bonds. The third kappa shape index (κ3) is 2.93. The molecule has 92 valence electrons. The lowest BCUT2D eigenvalue weighted by atomic mass is 9.84. The minimum atomic E-state index is -0.189. The molecule has 0 aromatic rings. The first kappa shape index (κ1) is 11.8. The molecule has 1 saturated carbocycles. The van der Waals surface area contributed by atoms with Crippen LogP contribution in [0.4, 0.5) is 0 Å². The maximum absolute atomic E-state index is 11.3. The van der Waals surface area contributed by atoms with Gasteiger partial charge in [-0.2, -0.15) is 0 Å². The van der Waals surface area contributed by atoms with Gasteiger partial charge in [0.2, 0.25) is 5.91 Å². The predicted octanol–water partition coefficient (Wildman–Crippen LogP) is -0.00700. The second kappa shape index (κ2) is 5.61. The van der Waals surface area contributed by atoms with Crippen LogP contribution < -0.4 is 11.1 Å². The van der Waals surface area contributed by atoms with Crippen LogP contribution in [0, 0.1) is 5.92 Å². The van der Waals surface area contributed by atoms with Gasteiger partial charge in [-0.05, 0) is 12.8 Å². The normalized spacial score (nSPS) is 31.8. The summed E-state index contributed by atoms with van der Waals surface area (Å²) in [5, 5.41) is 3.34. The highest BCUT2D eigenvalue weighted by atomic mass is 16.7. The quantitative estimate of drug-likeness (QED) is 0.710. The maximum atomic E-state index is 11.3. The molecule has 0 bridgehead atoms. The Morgan fingerprint density at radius 2 is 1.94 bits per heavy atom. The van der Waals surface area contributed by atoms with Crippen molar-refractivity contribution in [1.82, 2.24) is 5.32 Å². The summed E-state index contributed by atoms with van der Waals surface area (Å²) >= 11 is 0. The number of rotatable bonds is 4. The van der Waals surface area contributed by atoms with Crippen LogP contribution in [-0.2, 0) is 14.3 Å². The molecule has 0 aromatic heterocycles. The first-order valence-electron chi connectivity index (χ1n) is 6.03. The number of amides is 1. The standard InChI is InChI=1S/C11H20N2O3/c12-11(14)8-3-1-2-4-9(8)13-7-10-15-5-6-16-10/h8-10,13H,1-7H2,(H2,12,14)/t8-,9+/m0/s1. The first-order chi connectivity index (χ1) is 7.77. The number of carbonyl (C=O) groups excluding carboxylic acids is 1. The van der Waals surface area contributed by atoms with E-state index in [9.17, 15) is 4.79 Å². The molecule has 5 nitrogen and oxygen atoms in total. The van der Waals surface area contributed by atoms with Gasteiger partial charge < -0.3 is 20.5 Å². The van der Waals surface area contributed by atoms with E-state index in [0.717, 1.165) is 25.7 Å². The molecule has 16 heavy (non-hydrogen) atoms. The van der Waals surface area contributed by atoms with E-state index in [0.29, 0.717) is 19.8 Å². The molecule has 1 heterocycles. The second-order valence-electron chi connectivity index (χ2n) is 4.48. The van der Waals surface area contributed by atoms with E-state index in [4.69, 9.17) is 15.2 Å². The van der Waals surface area contributed by atoms with E-state index in [1.165, 1.54) is 0 Å². The number of hydrogen-bond donors (Lipinski definition) is 2. The molecule has 0 radical (unpaired) electrons. The monoisotopic (exact) mass is 228 g/mol. The van der Waals surface area contributed by atoms with Gasteiger partial charge in [-0.1, -0.05) is 12.8 Å². The molecule has 1 saturated heterocycles. The minimum absolute atomic E-state index is 0.0323. The summed E-state index contributed by atoms with van der Waals surface area (Å²) in [7, 11) is 0. The highest BCUT2D eigenvalue weighted by molar-refractivity contribution is 5.77. The van der Waals surface area contributed by atoms with Crippen molar-refractivity contribution in [1.29, 1.82) is 0 Å². The molecule has 1 aliphatic carbocycles. The van der Waals surface area contributed by atoms with E-state index in [1.54, 1.807) is 0 Å². The lowest BCUT2D eigenvalue weighted by molar-refractivity contribution is -0.123. The van der Waals surface area contributed by atoms with E-state index in [1.807, 2.05) is 0 Å². The zero-order chi connectivity index (χ0) is 11.4. The Labute approximate surface area is 95.7 Å². The van der Waals surface area contributed by atoms with Crippen LogP contribution in [0.15, 0.2) is 0 Å². The molecule has 5 heteroatoms. The molecule has 0 unspecified atom stereocenters. The van der Waals surface area contributed by atoms with Crippen LogP contribution in [0.5, 0.6) is 0 Å². The highest BCUT2D eigenvalue weighted by Gasteiger charge is 2.30. The van der Waals surface area contributed by atoms with Crippen LogP contribution >= 0.6 is 0 Å². The van der Waals surface area contributed by atoms with Gasteiger partial charge in [0.1, 0.15) is 0 Å². The predicted molar refractivity (Wildman–Crippen MR) is 58.6 cm³/mol. The van der Waals surface area contributed by atoms with Gasteiger partial charge >= 0.3 is 0 Å². The van der Waals surface area contributed by atoms with Crippen LogP contribution in [0.2, 0.25) is 0 Å². The Morgan fingerprint density at radius 3 is 2.62 bits per heavy atom. The average Bonchev–Trinajstić information content (AvgIpc) is 2.79. The second-order valence-corrected chi connectivity index (χ2v) is 4.48. The van der Waals surface area contributed by atoms with Gasteiger partial charge in [0, 0.05) is 12.6 Å². The van der Waals surface area contributed by atoms with Crippen molar-refractivity contribution in [3.63, 3.8) is 0 Å². The summed E-state index contributed by atoms with van der Waals surface area (Å²) < 4.78 is 10.7. The Hall–Kier alpha value is -0.650. The summed E-state index contributed by atoms with van der Waals surface area (Å²) in [5.41, 5.74) is 5.40. The van der Waals surface area contributed by atoms with Gasteiger partial charge in [-0.25, -0.2) is 0 Å². The number of ether oxygens (including phenoxy) is 2. The molecule has 3 N–H and O–H groups in total. The van der Waals surface area contributed by atoms with Crippen LogP contribution in [0.1, 0.15) is 25.7 Å². The van der Waals surface area contributed by atoms with Gasteiger partial charge in [-0.15, -0.1) is 0 Å². The fraction of sp³-hybridized carbons (Fsp3) is 0.909. The third-order valence-electron chi connectivity index (χ3n) is 3.37.